The lowest BCUT2D eigenvalue weighted by molar-refractivity contribution is 0.409. The van der Waals surface area contributed by atoms with E-state index in [0.717, 1.165) is 10.2 Å². The number of anilines is 1. The predicted octanol–water partition coefficient (Wildman–Crippen LogP) is 2.18. The van der Waals surface area contributed by atoms with E-state index in [9.17, 15) is 8.42 Å². The second kappa shape index (κ2) is 5.14. The molecule has 0 bridgehead atoms. The van der Waals surface area contributed by atoms with Gasteiger partial charge in [0.2, 0.25) is 0 Å². The van der Waals surface area contributed by atoms with Crippen molar-refractivity contribution in [2.45, 2.75) is 18.4 Å². The summed E-state index contributed by atoms with van der Waals surface area (Å²) >= 11 is 9.44. The van der Waals surface area contributed by atoms with Crippen LogP contribution in [0.3, 0.4) is 0 Å². The average molecular weight is 393 g/mol. The van der Waals surface area contributed by atoms with Crippen molar-refractivity contribution in [2.75, 3.05) is 23.0 Å². The third-order valence-electron chi connectivity index (χ3n) is 4.16. The molecule has 2 heterocycles. The Kier molecular flexibility index (Phi) is 3.70. The van der Waals surface area contributed by atoms with Crippen molar-refractivity contribution >= 4 is 49.0 Å². The minimum absolute atomic E-state index is 0.182. The Morgan fingerprint density at radius 3 is 2.62 bits per heavy atom. The number of sulfone groups is 1. The van der Waals surface area contributed by atoms with Gasteiger partial charge in [-0.15, -0.1) is 0 Å². The van der Waals surface area contributed by atoms with Crippen LogP contribution in [0, 0.1) is 0 Å². The first-order valence-electron chi connectivity index (χ1n) is 6.59. The zero-order valence-corrected chi connectivity index (χ0v) is 14.4. The zero-order valence-electron chi connectivity index (χ0n) is 11.2. The van der Waals surface area contributed by atoms with E-state index in [1.54, 1.807) is 6.07 Å². The summed E-state index contributed by atoms with van der Waals surface area (Å²) in [6.07, 6.45) is 1.08. The standard InChI is InChI=1S/C13H15BrClN3O2S/c14-10-7-9(1-2-11(10)15)18-12(16)17-8-13(18)3-5-21(19,20)6-4-13/h1-2,7H,3-6,8H2,(H2,16,17). The highest BCUT2D eigenvalue weighted by Gasteiger charge is 2.46. The van der Waals surface area contributed by atoms with Crippen LogP contribution in [0.15, 0.2) is 27.7 Å². The molecule has 114 valence electrons. The van der Waals surface area contributed by atoms with Gasteiger partial charge in [-0.2, -0.15) is 0 Å². The van der Waals surface area contributed by atoms with Crippen LogP contribution in [-0.4, -0.2) is 38.0 Å². The molecule has 2 N–H and O–H groups in total. The SMILES string of the molecule is NC1=NCC2(CCS(=O)(=O)CC2)N1c1ccc(Cl)c(Br)c1. The number of benzene rings is 1. The summed E-state index contributed by atoms with van der Waals surface area (Å²) in [4.78, 5) is 6.31. The number of nitrogens with zero attached hydrogens (tertiary/aromatic N) is 2. The van der Waals surface area contributed by atoms with Crippen molar-refractivity contribution in [1.82, 2.24) is 0 Å². The maximum atomic E-state index is 11.7. The lowest BCUT2D eigenvalue weighted by Gasteiger charge is -2.41. The number of hydrogen-bond donors (Lipinski definition) is 1. The second-order valence-corrected chi connectivity index (χ2v) is 9.05. The van der Waals surface area contributed by atoms with Crippen molar-refractivity contribution < 1.29 is 8.42 Å². The second-order valence-electron chi connectivity index (χ2n) is 5.48. The lowest BCUT2D eigenvalue weighted by Crippen LogP contribution is -2.55. The van der Waals surface area contributed by atoms with E-state index in [-0.39, 0.29) is 17.0 Å². The van der Waals surface area contributed by atoms with Gasteiger partial charge in [-0.3, -0.25) is 4.99 Å². The fourth-order valence-electron chi connectivity index (χ4n) is 2.94. The van der Waals surface area contributed by atoms with Crippen LogP contribution in [-0.2, 0) is 9.84 Å². The smallest absolute Gasteiger partial charge is 0.196 e. The molecular weight excluding hydrogens is 378 g/mol. The molecule has 0 atom stereocenters. The highest BCUT2D eigenvalue weighted by Crippen LogP contribution is 2.39. The molecule has 1 aromatic rings. The van der Waals surface area contributed by atoms with Crippen LogP contribution >= 0.6 is 27.5 Å². The van der Waals surface area contributed by atoms with E-state index in [4.69, 9.17) is 17.3 Å². The van der Waals surface area contributed by atoms with E-state index < -0.39 is 9.84 Å². The molecule has 5 nitrogen and oxygen atoms in total. The number of aliphatic imine (C=N–C) groups is 1. The van der Waals surface area contributed by atoms with Gasteiger partial charge in [0.05, 0.1) is 28.6 Å². The summed E-state index contributed by atoms with van der Waals surface area (Å²) < 4.78 is 24.2. The quantitative estimate of drug-likeness (QED) is 0.795. The highest BCUT2D eigenvalue weighted by atomic mass is 79.9. The van der Waals surface area contributed by atoms with Gasteiger partial charge in [0.1, 0.15) is 0 Å². The van der Waals surface area contributed by atoms with Gasteiger partial charge in [0.15, 0.2) is 15.8 Å². The molecule has 0 amide bonds. The Bertz CT molecular complexity index is 706. The van der Waals surface area contributed by atoms with E-state index in [0.29, 0.717) is 30.4 Å². The molecular formula is C13H15BrClN3O2S. The predicted molar refractivity (Wildman–Crippen MR) is 88.7 cm³/mol. The molecule has 1 fully saturated rings. The van der Waals surface area contributed by atoms with Gasteiger partial charge < -0.3 is 10.6 Å². The molecule has 0 aromatic heterocycles. The Balaban J connectivity index is 1.98. The van der Waals surface area contributed by atoms with Gasteiger partial charge in [-0.1, -0.05) is 11.6 Å². The van der Waals surface area contributed by atoms with Crippen LogP contribution in [0.1, 0.15) is 12.8 Å². The monoisotopic (exact) mass is 391 g/mol. The molecule has 0 radical (unpaired) electrons. The Morgan fingerprint density at radius 2 is 2.00 bits per heavy atom. The van der Waals surface area contributed by atoms with Crippen molar-refractivity contribution in [2.24, 2.45) is 10.7 Å². The normalized spacial score (nSPS) is 23.3. The number of nitrogens with two attached hydrogens (primary N) is 1. The van der Waals surface area contributed by atoms with Crippen LogP contribution in [0.5, 0.6) is 0 Å². The molecule has 3 rings (SSSR count). The first-order valence-corrected chi connectivity index (χ1v) is 9.58. The van der Waals surface area contributed by atoms with Crippen molar-refractivity contribution in [3.8, 4) is 0 Å². The molecule has 1 saturated heterocycles. The number of guanidine groups is 1. The molecule has 1 spiro atoms. The van der Waals surface area contributed by atoms with Crippen molar-refractivity contribution in [1.29, 1.82) is 0 Å². The Labute approximate surface area is 137 Å². The van der Waals surface area contributed by atoms with E-state index in [2.05, 4.69) is 20.9 Å². The third-order valence-corrected chi connectivity index (χ3v) is 7.02. The maximum absolute atomic E-state index is 11.7. The van der Waals surface area contributed by atoms with Crippen molar-refractivity contribution in [3.63, 3.8) is 0 Å². The Hall–Kier alpha value is -0.790. The van der Waals surface area contributed by atoms with Gasteiger partial charge >= 0.3 is 0 Å². The topological polar surface area (TPSA) is 75.8 Å². The zero-order chi connectivity index (χ0) is 15.3. The van der Waals surface area contributed by atoms with Crippen molar-refractivity contribution in [3.05, 3.63) is 27.7 Å². The summed E-state index contributed by atoms with van der Waals surface area (Å²) in [6, 6.07) is 5.56. The molecule has 0 unspecified atom stereocenters. The fourth-order valence-corrected chi connectivity index (χ4v) is 5.01. The van der Waals surface area contributed by atoms with Gasteiger partial charge in [-0.05, 0) is 47.0 Å². The third kappa shape index (κ3) is 2.66. The summed E-state index contributed by atoms with van der Waals surface area (Å²) in [7, 11) is -2.93. The molecule has 1 aromatic carbocycles. The van der Waals surface area contributed by atoms with Crippen LogP contribution in [0.2, 0.25) is 5.02 Å². The number of halogens is 2. The fraction of sp³-hybridized carbons (Fsp3) is 0.462. The molecule has 0 aliphatic carbocycles. The average Bonchev–Trinajstić information content (AvgIpc) is 2.75. The molecule has 21 heavy (non-hydrogen) atoms. The molecule has 2 aliphatic rings. The van der Waals surface area contributed by atoms with Gasteiger partial charge in [-0.25, -0.2) is 8.42 Å². The summed E-state index contributed by atoms with van der Waals surface area (Å²) in [6.45, 7) is 0.536. The maximum Gasteiger partial charge on any atom is 0.196 e. The Morgan fingerprint density at radius 1 is 1.33 bits per heavy atom. The van der Waals surface area contributed by atoms with Crippen LogP contribution in [0.4, 0.5) is 5.69 Å². The van der Waals surface area contributed by atoms with E-state index >= 15 is 0 Å². The number of rotatable bonds is 1. The number of hydrogen-bond acceptors (Lipinski definition) is 5. The lowest BCUT2D eigenvalue weighted by atomic mass is 9.90. The first kappa shape index (κ1) is 15.1. The van der Waals surface area contributed by atoms with Crippen LogP contribution < -0.4 is 10.6 Å². The minimum Gasteiger partial charge on any atom is -0.369 e. The van der Waals surface area contributed by atoms with E-state index in [1.807, 2.05) is 17.0 Å². The molecule has 8 heteroatoms. The minimum atomic E-state index is -2.93. The molecule has 0 saturated carbocycles. The summed E-state index contributed by atoms with van der Waals surface area (Å²) in [5.74, 6) is 0.797. The highest BCUT2D eigenvalue weighted by molar-refractivity contribution is 9.10. The first-order chi connectivity index (χ1) is 9.83. The van der Waals surface area contributed by atoms with Crippen LogP contribution in [0.25, 0.3) is 0 Å². The summed E-state index contributed by atoms with van der Waals surface area (Å²) in [5.41, 5.74) is 6.60. The molecule has 2 aliphatic heterocycles. The van der Waals surface area contributed by atoms with Gasteiger partial charge in [0, 0.05) is 10.2 Å². The largest absolute Gasteiger partial charge is 0.369 e. The summed E-state index contributed by atoms with van der Waals surface area (Å²) in [5, 5.41) is 0.619. The van der Waals surface area contributed by atoms with E-state index in [1.165, 1.54) is 0 Å². The van der Waals surface area contributed by atoms with Gasteiger partial charge in [0.25, 0.3) is 0 Å².